The second-order valence-electron chi connectivity index (χ2n) is 5.95. The van der Waals surface area contributed by atoms with Crippen LogP contribution in [0.4, 0.5) is 4.39 Å². The van der Waals surface area contributed by atoms with Crippen molar-refractivity contribution < 1.29 is 18.4 Å². The first-order valence-electron chi connectivity index (χ1n) is 8.16. The van der Waals surface area contributed by atoms with Crippen LogP contribution in [0.2, 0.25) is 0 Å². The molecule has 1 atom stereocenters. The minimum Gasteiger partial charge on any atom is -0.497 e. The number of carbonyl (C=O) groups excluding carboxylic acids is 1. The number of rotatable bonds is 5. The van der Waals surface area contributed by atoms with E-state index in [1.54, 1.807) is 26.2 Å². The van der Waals surface area contributed by atoms with Crippen LogP contribution in [-0.4, -0.2) is 18.2 Å². The zero-order valence-electron chi connectivity index (χ0n) is 14.7. The van der Waals surface area contributed by atoms with Gasteiger partial charge in [-0.3, -0.25) is 4.79 Å². The lowest BCUT2D eigenvalue weighted by atomic mass is 10.0. The van der Waals surface area contributed by atoms with Crippen LogP contribution in [0.25, 0.3) is 11.3 Å². The summed E-state index contributed by atoms with van der Waals surface area (Å²) in [5.41, 5.74) is 2.11. The Morgan fingerprint density at radius 3 is 2.73 bits per heavy atom. The molecule has 0 bridgehead atoms. The fourth-order valence-corrected chi connectivity index (χ4v) is 2.73. The first-order valence-corrected chi connectivity index (χ1v) is 8.16. The molecule has 0 saturated heterocycles. The monoisotopic (exact) mass is 354 g/mol. The molecule has 0 unspecified atom stereocenters. The van der Waals surface area contributed by atoms with Crippen molar-refractivity contribution in [3.05, 3.63) is 71.2 Å². The Balaban J connectivity index is 1.87. The molecule has 0 fully saturated rings. The number of nitrogens with zero attached hydrogens (tertiary/aromatic N) is 1. The van der Waals surface area contributed by atoms with Gasteiger partial charge in [-0.25, -0.2) is 4.39 Å². The van der Waals surface area contributed by atoms with Crippen molar-refractivity contribution in [3.63, 3.8) is 0 Å². The van der Waals surface area contributed by atoms with Gasteiger partial charge in [0.2, 0.25) is 0 Å². The van der Waals surface area contributed by atoms with Crippen molar-refractivity contribution in [2.75, 3.05) is 7.11 Å². The molecule has 0 aliphatic heterocycles. The lowest BCUT2D eigenvalue weighted by molar-refractivity contribution is 0.0939. The van der Waals surface area contributed by atoms with Crippen LogP contribution in [-0.2, 0) is 0 Å². The Labute approximate surface area is 150 Å². The fraction of sp³-hybridized carbons (Fsp3) is 0.200. The molecule has 0 aliphatic rings. The normalized spacial score (nSPS) is 11.8. The topological polar surface area (TPSA) is 64.4 Å². The SMILES string of the molecule is COc1cccc([C@@H](C)NC(=O)c2c(C)noc2-c2cccc(F)c2)c1. The molecule has 6 heteroatoms. The standard InChI is InChI=1S/C20H19FN2O3/c1-12(14-6-5-9-17(11-14)25-3)22-20(24)18-13(2)23-26-19(18)15-7-4-8-16(21)10-15/h4-12H,1-3H3,(H,22,24)/t12-/m1/s1. The van der Waals surface area contributed by atoms with Crippen molar-refractivity contribution in [2.45, 2.75) is 19.9 Å². The van der Waals surface area contributed by atoms with Crippen LogP contribution in [0, 0.1) is 12.7 Å². The van der Waals surface area contributed by atoms with Gasteiger partial charge >= 0.3 is 0 Å². The predicted octanol–water partition coefficient (Wildman–Crippen LogP) is 4.29. The second-order valence-corrected chi connectivity index (χ2v) is 5.95. The summed E-state index contributed by atoms with van der Waals surface area (Å²) in [6.45, 7) is 3.55. The first kappa shape index (κ1) is 17.7. The fourth-order valence-electron chi connectivity index (χ4n) is 2.73. The quantitative estimate of drug-likeness (QED) is 0.742. The highest BCUT2D eigenvalue weighted by Gasteiger charge is 2.23. The van der Waals surface area contributed by atoms with Crippen molar-refractivity contribution in [1.82, 2.24) is 10.5 Å². The van der Waals surface area contributed by atoms with Gasteiger partial charge in [-0.05, 0) is 43.7 Å². The van der Waals surface area contributed by atoms with E-state index < -0.39 is 5.82 Å². The van der Waals surface area contributed by atoms with E-state index in [-0.39, 0.29) is 17.7 Å². The molecular formula is C20H19FN2O3. The molecule has 5 nitrogen and oxygen atoms in total. The van der Waals surface area contributed by atoms with Crippen LogP contribution >= 0.6 is 0 Å². The third-order valence-corrected chi connectivity index (χ3v) is 4.12. The highest BCUT2D eigenvalue weighted by molar-refractivity contribution is 6.00. The van der Waals surface area contributed by atoms with Crippen molar-refractivity contribution in [2.24, 2.45) is 0 Å². The van der Waals surface area contributed by atoms with E-state index in [4.69, 9.17) is 9.26 Å². The molecule has 2 aromatic carbocycles. The van der Waals surface area contributed by atoms with Gasteiger partial charge in [-0.15, -0.1) is 0 Å². The Bertz CT molecular complexity index is 936. The van der Waals surface area contributed by atoms with Crippen LogP contribution in [0.3, 0.4) is 0 Å². The summed E-state index contributed by atoms with van der Waals surface area (Å²) >= 11 is 0. The minimum absolute atomic E-state index is 0.248. The van der Waals surface area contributed by atoms with Gasteiger partial charge in [0.1, 0.15) is 17.1 Å². The third kappa shape index (κ3) is 3.59. The largest absolute Gasteiger partial charge is 0.497 e. The number of amides is 1. The number of hydrogen-bond donors (Lipinski definition) is 1. The second kappa shape index (κ2) is 7.39. The minimum atomic E-state index is -0.410. The molecule has 0 radical (unpaired) electrons. The average molecular weight is 354 g/mol. The number of ether oxygens (including phenoxy) is 1. The van der Waals surface area contributed by atoms with Gasteiger partial charge in [0, 0.05) is 5.56 Å². The molecule has 1 heterocycles. The van der Waals surface area contributed by atoms with Gasteiger partial charge in [0.05, 0.1) is 18.8 Å². The summed E-state index contributed by atoms with van der Waals surface area (Å²) in [4.78, 5) is 12.8. The Morgan fingerprint density at radius 1 is 1.23 bits per heavy atom. The van der Waals surface area contributed by atoms with E-state index >= 15 is 0 Å². The molecule has 26 heavy (non-hydrogen) atoms. The Morgan fingerprint density at radius 2 is 2.00 bits per heavy atom. The molecule has 0 aliphatic carbocycles. The molecule has 3 rings (SSSR count). The molecule has 1 amide bonds. The molecule has 1 aromatic heterocycles. The molecule has 0 spiro atoms. The Kier molecular flexibility index (Phi) is 5.02. The lowest BCUT2D eigenvalue weighted by Gasteiger charge is -2.15. The molecule has 0 saturated carbocycles. The van der Waals surface area contributed by atoms with Crippen molar-refractivity contribution in [3.8, 4) is 17.1 Å². The lowest BCUT2D eigenvalue weighted by Crippen LogP contribution is -2.27. The van der Waals surface area contributed by atoms with Gasteiger partial charge < -0.3 is 14.6 Å². The summed E-state index contributed by atoms with van der Waals surface area (Å²) < 4.78 is 24.0. The summed E-state index contributed by atoms with van der Waals surface area (Å²) in [7, 11) is 1.59. The number of halogens is 1. The number of benzene rings is 2. The number of methoxy groups -OCH3 is 1. The summed E-state index contributed by atoms with van der Waals surface area (Å²) in [5, 5.41) is 6.80. The smallest absolute Gasteiger partial charge is 0.257 e. The van der Waals surface area contributed by atoms with E-state index in [0.29, 0.717) is 22.6 Å². The Hall–Kier alpha value is -3.15. The van der Waals surface area contributed by atoms with Crippen LogP contribution in [0.5, 0.6) is 5.75 Å². The summed E-state index contributed by atoms with van der Waals surface area (Å²) in [5.74, 6) is 0.216. The molecule has 3 aromatic rings. The average Bonchev–Trinajstić information content (AvgIpc) is 3.03. The molecule has 134 valence electrons. The number of nitrogens with one attached hydrogen (secondary N) is 1. The highest BCUT2D eigenvalue weighted by Crippen LogP contribution is 2.27. The maximum atomic E-state index is 13.5. The third-order valence-electron chi connectivity index (χ3n) is 4.12. The van der Waals surface area contributed by atoms with E-state index in [1.807, 2.05) is 31.2 Å². The number of aryl methyl sites for hydroxylation is 1. The summed E-state index contributed by atoms with van der Waals surface area (Å²) in [6.07, 6.45) is 0. The van der Waals surface area contributed by atoms with E-state index in [9.17, 15) is 9.18 Å². The molecular weight excluding hydrogens is 335 g/mol. The van der Waals surface area contributed by atoms with E-state index in [2.05, 4.69) is 10.5 Å². The van der Waals surface area contributed by atoms with Crippen LogP contribution in [0.1, 0.15) is 34.6 Å². The number of hydrogen-bond acceptors (Lipinski definition) is 4. The van der Waals surface area contributed by atoms with E-state index in [0.717, 1.165) is 5.56 Å². The highest BCUT2D eigenvalue weighted by atomic mass is 19.1. The van der Waals surface area contributed by atoms with Gasteiger partial charge in [0.25, 0.3) is 5.91 Å². The number of aromatic nitrogens is 1. The van der Waals surface area contributed by atoms with Crippen LogP contribution in [0.15, 0.2) is 53.1 Å². The van der Waals surface area contributed by atoms with Crippen molar-refractivity contribution in [1.29, 1.82) is 0 Å². The first-order chi connectivity index (χ1) is 12.5. The van der Waals surface area contributed by atoms with Gasteiger partial charge in [0.15, 0.2) is 5.76 Å². The van der Waals surface area contributed by atoms with Crippen LogP contribution < -0.4 is 10.1 Å². The predicted molar refractivity (Wildman–Crippen MR) is 95.5 cm³/mol. The zero-order chi connectivity index (χ0) is 18.7. The van der Waals surface area contributed by atoms with E-state index in [1.165, 1.54) is 12.1 Å². The number of carbonyl (C=O) groups is 1. The maximum Gasteiger partial charge on any atom is 0.257 e. The van der Waals surface area contributed by atoms with Gasteiger partial charge in [-0.1, -0.05) is 29.4 Å². The zero-order valence-corrected chi connectivity index (χ0v) is 14.7. The molecule has 1 N–H and O–H groups in total. The van der Waals surface area contributed by atoms with Crippen molar-refractivity contribution >= 4 is 5.91 Å². The maximum absolute atomic E-state index is 13.5. The van der Waals surface area contributed by atoms with Gasteiger partial charge in [-0.2, -0.15) is 0 Å². The summed E-state index contributed by atoms with van der Waals surface area (Å²) in [6, 6.07) is 13.1.